The van der Waals surface area contributed by atoms with E-state index in [1.807, 2.05) is 0 Å². The largest absolute Gasteiger partial charge is 0.462 e. The van der Waals surface area contributed by atoms with Gasteiger partial charge in [-0.3, -0.25) is 9.59 Å². The molecule has 0 fully saturated rings. The fourth-order valence-electron chi connectivity index (χ4n) is 4.78. The van der Waals surface area contributed by atoms with Crippen LogP contribution < -0.4 is 21.3 Å². The molecule has 4 aromatic rings. The third-order valence-corrected chi connectivity index (χ3v) is 8.09. The highest BCUT2D eigenvalue weighted by molar-refractivity contribution is 6.31. The average molecular weight is 830 g/mol. The lowest BCUT2D eigenvalue weighted by atomic mass is 10.1. The maximum atomic E-state index is 12.7. The van der Waals surface area contributed by atoms with Crippen molar-refractivity contribution in [1.29, 1.82) is 0 Å². The van der Waals surface area contributed by atoms with Crippen LogP contribution in [-0.4, -0.2) is 37.0 Å². The summed E-state index contributed by atoms with van der Waals surface area (Å²) in [5.74, 6) is -1.71. The summed E-state index contributed by atoms with van der Waals surface area (Å²) in [5, 5.41) is 11.1. The van der Waals surface area contributed by atoms with E-state index in [0.29, 0.717) is 33.9 Å². The molecule has 0 unspecified atom stereocenters. The van der Waals surface area contributed by atoms with Gasteiger partial charge in [-0.25, -0.2) is 9.59 Å². The van der Waals surface area contributed by atoms with Crippen LogP contribution in [0.1, 0.15) is 70.7 Å². The standard InChI is InChI=1S/2C19H18ClF3N2O3/c2*1-3-28-18(27)12-5-7-16(25-11(2)26)17(8-12)24-10-13-4-6-14(9-15(13)20)19(21,22)23/h2*4-9,24H,3,10H2,1-2H3,(H,25,26). The minimum absolute atomic E-state index is 0.0510. The molecule has 0 aliphatic rings. The maximum absolute atomic E-state index is 12.7. The molecule has 4 aromatic carbocycles. The lowest BCUT2D eigenvalue weighted by molar-refractivity contribution is -0.138. The number of benzene rings is 4. The van der Waals surface area contributed by atoms with Gasteiger partial charge in [0.1, 0.15) is 0 Å². The Hall–Kier alpha value is -5.48. The molecule has 0 aromatic heterocycles. The van der Waals surface area contributed by atoms with Crippen LogP contribution >= 0.6 is 23.2 Å². The lowest BCUT2D eigenvalue weighted by Crippen LogP contribution is -2.12. The van der Waals surface area contributed by atoms with Crippen LogP contribution in [-0.2, 0) is 44.5 Å². The monoisotopic (exact) mass is 828 g/mol. The van der Waals surface area contributed by atoms with Gasteiger partial charge >= 0.3 is 24.3 Å². The highest BCUT2D eigenvalue weighted by atomic mass is 35.5. The second-order valence-electron chi connectivity index (χ2n) is 11.6. The van der Waals surface area contributed by atoms with E-state index >= 15 is 0 Å². The van der Waals surface area contributed by atoms with Gasteiger partial charge in [-0.2, -0.15) is 26.3 Å². The van der Waals surface area contributed by atoms with Crippen molar-refractivity contribution in [1.82, 2.24) is 0 Å². The number of ether oxygens (including phenoxy) is 2. The molecule has 0 saturated carbocycles. The van der Waals surface area contributed by atoms with Crippen molar-refractivity contribution >= 4 is 69.7 Å². The fraction of sp³-hybridized carbons (Fsp3) is 0.263. The summed E-state index contributed by atoms with van der Waals surface area (Å²) < 4.78 is 86.4. The van der Waals surface area contributed by atoms with Crippen molar-refractivity contribution < 1.29 is 55.0 Å². The number of anilines is 4. The molecule has 0 aliphatic carbocycles. The number of esters is 2. The van der Waals surface area contributed by atoms with Gasteiger partial charge in [0.15, 0.2) is 0 Å². The van der Waals surface area contributed by atoms with E-state index in [4.69, 9.17) is 32.7 Å². The molecule has 0 spiro atoms. The summed E-state index contributed by atoms with van der Waals surface area (Å²) in [7, 11) is 0. The Morgan fingerprint density at radius 3 is 1.20 bits per heavy atom. The zero-order chi connectivity index (χ0) is 41.8. The molecule has 2 amide bonds. The van der Waals surface area contributed by atoms with E-state index in [0.717, 1.165) is 24.3 Å². The SMILES string of the molecule is CCOC(=O)c1ccc(NC(C)=O)c(NCc2ccc(C(F)(F)F)cc2Cl)c1.CCOC(=O)c1ccc(NC(C)=O)c(NCc2ccc(C(F)(F)F)cc2Cl)c1. The molecular formula is C38H36Cl2F6N4O6. The molecule has 4 rings (SSSR count). The van der Waals surface area contributed by atoms with Crippen molar-refractivity contribution in [2.24, 2.45) is 0 Å². The third kappa shape index (κ3) is 13.4. The van der Waals surface area contributed by atoms with Gasteiger partial charge in [0.05, 0.1) is 58.2 Å². The Kier molecular flexibility index (Phi) is 16.0. The smallest absolute Gasteiger partial charge is 0.416 e. The minimum Gasteiger partial charge on any atom is -0.462 e. The number of halogens is 8. The van der Waals surface area contributed by atoms with Gasteiger partial charge in [-0.05, 0) is 85.6 Å². The quantitative estimate of drug-likeness (QED) is 0.0819. The molecule has 0 bridgehead atoms. The first kappa shape index (κ1) is 44.9. The van der Waals surface area contributed by atoms with Crippen molar-refractivity contribution in [2.45, 2.75) is 53.1 Å². The summed E-state index contributed by atoms with van der Waals surface area (Å²) in [4.78, 5) is 46.6. The molecule has 10 nitrogen and oxygen atoms in total. The fourth-order valence-corrected chi connectivity index (χ4v) is 5.27. The Morgan fingerprint density at radius 2 is 0.911 bits per heavy atom. The second-order valence-corrected chi connectivity index (χ2v) is 12.5. The lowest BCUT2D eigenvalue weighted by Gasteiger charge is -2.15. The molecule has 0 heterocycles. The summed E-state index contributed by atoms with van der Waals surface area (Å²) in [6.07, 6.45) is -8.97. The maximum Gasteiger partial charge on any atom is 0.416 e. The van der Waals surface area contributed by atoms with Crippen LogP contribution in [0.4, 0.5) is 49.1 Å². The van der Waals surface area contributed by atoms with Crippen LogP contribution in [0, 0.1) is 0 Å². The second kappa shape index (κ2) is 19.9. The zero-order valence-electron chi connectivity index (χ0n) is 30.2. The number of carbonyl (C=O) groups excluding carboxylic acids is 4. The molecule has 18 heteroatoms. The van der Waals surface area contributed by atoms with Crippen LogP contribution in [0.2, 0.25) is 10.0 Å². The minimum atomic E-state index is -4.48. The van der Waals surface area contributed by atoms with Gasteiger partial charge in [0.25, 0.3) is 0 Å². The predicted molar refractivity (Wildman–Crippen MR) is 201 cm³/mol. The number of nitrogens with one attached hydrogen (secondary N) is 4. The van der Waals surface area contributed by atoms with Gasteiger partial charge in [-0.15, -0.1) is 0 Å². The number of carbonyl (C=O) groups is 4. The molecule has 56 heavy (non-hydrogen) atoms. The van der Waals surface area contributed by atoms with E-state index in [-0.39, 0.29) is 59.3 Å². The number of rotatable bonds is 12. The Bertz CT molecular complexity index is 1920. The summed E-state index contributed by atoms with van der Waals surface area (Å²) >= 11 is 11.9. The van der Waals surface area contributed by atoms with Crippen LogP contribution in [0.15, 0.2) is 72.8 Å². The number of hydrogen-bond acceptors (Lipinski definition) is 8. The number of amides is 2. The highest BCUT2D eigenvalue weighted by Gasteiger charge is 2.31. The topological polar surface area (TPSA) is 135 Å². The van der Waals surface area contributed by atoms with E-state index in [1.54, 1.807) is 13.8 Å². The van der Waals surface area contributed by atoms with Crippen molar-refractivity contribution in [3.05, 3.63) is 116 Å². The normalized spacial score (nSPS) is 11.1. The Balaban J connectivity index is 0.000000300. The van der Waals surface area contributed by atoms with Crippen LogP contribution in [0.25, 0.3) is 0 Å². The molecule has 0 aliphatic heterocycles. The van der Waals surface area contributed by atoms with Gasteiger partial charge < -0.3 is 30.7 Å². The van der Waals surface area contributed by atoms with E-state index in [1.165, 1.54) is 62.4 Å². The van der Waals surface area contributed by atoms with Gasteiger partial charge in [0, 0.05) is 37.0 Å². The van der Waals surface area contributed by atoms with E-state index in [9.17, 15) is 45.5 Å². The zero-order valence-corrected chi connectivity index (χ0v) is 31.7. The first-order valence-electron chi connectivity index (χ1n) is 16.6. The van der Waals surface area contributed by atoms with E-state index in [2.05, 4.69) is 21.3 Å². The molecule has 0 radical (unpaired) electrons. The average Bonchev–Trinajstić information content (AvgIpc) is 3.10. The molecule has 300 valence electrons. The van der Waals surface area contributed by atoms with Gasteiger partial charge in [0.2, 0.25) is 11.8 Å². The van der Waals surface area contributed by atoms with E-state index < -0.39 is 35.4 Å². The van der Waals surface area contributed by atoms with Crippen LogP contribution in [0.3, 0.4) is 0 Å². The van der Waals surface area contributed by atoms with Gasteiger partial charge in [-0.1, -0.05) is 35.3 Å². The number of hydrogen-bond donors (Lipinski definition) is 4. The highest BCUT2D eigenvalue weighted by Crippen LogP contribution is 2.34. The predicted octanol–water partition coefficient (Wildman–Crippen LogP) is 10.2. The summed E-state index contributed by atoms with van der Waals surface area (Å²) in [6, 6.07) is 15.1. The first-order valence-corrected chi connectivity index (χ1v) is 17.4. The van der Waals surface area contributed by atoms with Crippen molar-refractivity contribution in [2.75, 3.05) is 34.5 Å². The molecule has 0 atom stereocenters. The molecule has 4 N–H and O–H groups in total. The van der Waals surface area contributed by atoms with Crippen LogP contribution in [0.5, 0.6) is 0 Å². The Morgan fingerprint density at radius 1 is 0.554 bits per heavy atom. The van der Waals surface area contributed by atoms with Crippen molar-refractivity contribution in [3.8, 4) is 0 Å². The van der Waals surface area contributed by atoms with Crippen molar-refractivity contribution in [3.63, 3.8) is 0 Å². The molecular weight excluding hydrogens is 793 g/mol. The Labute approximate surface area is 327 Å². The molecule has 0 saturated heterocycles. The summed E-state index contributed by atoms with van der Waals surface area (Å²) in [6.45, 7) is 6.58. The summed E-state index contributed by atoms with van der Waals surface area (Å²) in [5.41, 5.74) is 1.29. The number of alkyl halides is 6. The first-order chi connectivity index (χ1) is 26.2. The third-order valence-electron chi connectivity index (χ3n) is 7.38.